The second-order valence-corrected chi connectivity index (χ2v) is 5.82. The SMILES string of the molecule is CCc1ccc(CNC(=O)N[C@@H]2COc3ccccc3C2)cc1. The lowest BCUT2D eigenvalue weighted by molar-refractivity contribution is 0.214. The van der Waals surface area contributed by atoms with Gasteiger partial charge in [-0.25, -0.2) is 4.79 Å². The van der Waals surface area contributed by atoms with Gasteiger partial charge in [-0.1, -0.05) is 49.4 Å². The fourth-order valence-electron chi connectivity index (χ4n) is 2.73. The molecule has 23 heavy (non-hydrogen) atoms. The van der Waals surface area contributed by atoms with Crippen molar-refractivity contribution in [1.29, 1.82) is 0 Å². The van der Waals surface area contributed by atoms with E-state index in [1.165, 1.54) is 5.56 Å². The second-order valence-electron chi connectivity index (χ2n) is 5.82. The summed E-state index contributed by atoms with van der Waals surface area (Å²) in [6, 6.07) is 16.1. The van der Waals surface area contributed by atoms with Crippen LogP contribution in [0.3, 0.4) is 0 Å². The molecule has 2 aromatic carbocycles. The number of urea groups is 1. The maximum Gasteiger partial charge on any atom is 0.315 e. The van der Waals surface area contributed by atoms with E-state index in [9.17, 15) is 4.79 Å². The lowest BCUT2D eigenvalue weighted by Crippen LogP contribution is -2.47. The summed E-state index contributed by atoms with van der Waals surface area (Å²) in [6.07, 6.45) is 1.83. The minimum atomic E-state index is -0.155. The lowest BCUT2D eigenvalue weighted by atomic mass is 10.0. The summed E-state index contributed by atoms with van der Waals surface area (Å²) in [5.41, 5.74) is 3.54. The molecule has 0 radical (unpaired) electrons. The normalized spacial score (nSPS) is 16.1. The molecule has 0 bridgehead atoms. The first-order chi connectivity index (χ1) is 11.2. The first kappa shape index (κ1) is 15.4. The summed E-state index contributed by atoms with van der Waals surface area (Å²) in [5, 5.41) is 5.88. The average molecular weight is 310 g/mol. The van der Waals surface area contributed by atoms with E-state index in [1.807, 2.05) is 24.3 Å². The van der Waals surface area contributed by atoms with E-state index in [0.29, 0.717) is 13.2 Å². The number of benzene rings is 2. The molecular weight excluding hydrogens is 288 g/mol. The molecule has 0 aromatic heterocycles. The minimum absolute atomic E-state index is 0.00682. The number of amides is 2. The van der Waals surface area contributed by atoms with E-state index in [1.54, 1.807) is 0 Å². The van der Waals surface area contributed by atoms with Crippen LogP contribution in [-0.2, 0) is 19.4 Å². The number of carbonyl (C=O) groups excluding carboxylic acids is 1. The smallest absolute Gasteiger partial charge is 0.315 e. The summed E-state index contributed by atoms with van der Waals surface area (Å²) >= 11 is 0. The van der Waals surface area contributed by atoms with E-state index in [-0.39, 0.29) is 12.1 Å². The van der Waals surface area contributed by atoms with Crippen LogP contribution in [0.15, 0.2) is 48.5 Å². The maximum atomic E-state index is 12.0. The fourth-order valence-corrected chi connectivity index (χ4v) is 2.73. The Bertz CT molecular complexity index is 667. The zero-order valence-corrected chi connectivity index (χ0v) is 13.3. The lowest BCUT2D eigenvalue weighted by Gasteiger charge is -2.26. The van der Waals surface area contributed by atoms with Crippen molar-refractivity contribution in [3.63, 3.8) is 0 Å². The van der Waals surface area contributed by atoms with Gasteiger partial charge in [0.2, 0.25) is 0 Å². The number of aryl methyl sites for hydroxylation is 1. The van der Waals surface area contributed by atoms with Crippen LogP contribution in [-0.4, -0.2) is 18.7 Å². The molecule has 1 atom stereocenters. The van der Waals surface area contributed by atoms with Crippen molar-refractivity contribution < 1.29 is 9.53 Å². The minimum Gasteiger partial charge on any atom is -0.491 e. The average Bonchev–Trinajstić information content (AvgIpc) is 2.60. The third-order valence-corrected chi connectivity index (χ3v) is 4.10. The van der Waals surface area contributed by atoms with Crippen molar-refractivity contribution in [3.05, 3.63) is 65.2 Å². The molecule has 0 unspecified atom stereocenters. The monoisotopic (exact) mass is 310 g/mol. The van der Waals surface area contributed by atoms with Crippen molar-refractivity contribution in [3.8, 4) is 5.75 Å². The number of carbonyl (C=O) groups is 1. The Balaban J connectivity index is 1.48. The summed E-state index contributed by atoms with van der Waals surface area (Å²) in [6.45, 7) is 3.17. The Hall–Kier alpha value is -2.49. The first-order valence-electron chi connectivity index (χ1n) is 8.07. The second kappa shape index (κ2) is 7.18. The van der Waals surface area contributed by atoms with E-state index in [4.69, 9.17) is 4.74 Å². The van der Waals surface area contributed by atoms with E-state index in [0.717, 1.165) is 29.7 Å². The molecule has 4 nitrogen and oxygen atoms in total. The van der Waals surface area contributed by atoms with Crippen LogP contribution in [0.2, 0.25) is 0 Å². The molecule has 120 valence electrons. The van der Waals surface area contributed by atoms with Crippen molar-refractivity contribution in [1.82, 2.24) is 10.6 Å². The van der Waals surface area contributed by atoms with Gasteiger partial charge in [0.15, 0.2) is 0 Å². The number of rotatable bonds is 4. The molecule has 2 N–H and O–H groups in total. The Morgan fingerprint density at radius 2 is 1.87 bits per heavy atom. The Morgan fingerprint density at radius 1 is 1.13 bits per heavy atom. The van der Waals surface area contributed by atoms with Gasteiger partial charge in [0, 0.05) is 6.54 Å². The predicted molar refractivity (Wildman–Crippen MR) is 90.6 cm³/mol. The van der Waals surface area contributed by atoms with Crippen LogP contribution in [0.1, 0.15) is 23.6 Å². The zero-order valence-electron chi connectivity index (χ0n) is 13.3. The Labute approximate surface area is 136 Å². The topological polar surface area (TPSA) is 50.4 Å². The van der Waals surface area contributed by atoms with Crippen molar-refractivity contribution in [2.24, 2.45) is 0 Å². The summed E-state index contributed by atoms with van der Waals surface area (Å²) < 4.78 is 5.68. The molecule has 0 aliphatic carbocycles. The number of ether oxygens (including phenoxy) is 1. The standard InChI is InChI=1S/C19H22N2O2/c1-2-14-7-9-15(10-8-14)12-20-19(22)21-17-11-16-5-3-4-6-18(16)23-13-17/h3-10,17H,2,11-13H2,1H3,(H2,20,21,22)/t17-/m0/s1. The van der Waals surface area contributed by atoms with Gasteiger partial charge in [-0.2, -0.15) is 0 Å². The van der Waals surface area contributed by atoms with Crippen LogP contribution < -0.4 is 15.4 Å². The van der Waals surface area contributed by atoms with Crippen LogP contribution in [0, 0.1) is 0 Å². The number of fused-ring (bicyclic) bond motifs is 1. The fraction of sp³-hybridized carbons (Fsp3) is 0.316. The molecule has 4 heteroatoms. The Kier molecular flexibility index (Phi) is 4.81. The maximum absolute atomic E-state index is 12.0. The third-order valence-electron chi connectivity index (χ3n) is 4.10. The highest BCUT2D eigenvalue weighted by Gasteiger charge is 2.20. The zero-order chi connectivity index (χ0) is 16.1. The van der Waals surface area contributed by atoms with Crippen molar-refractivity contribution in [2.75, 3.05) is 6.61 Å². The highest BCUT2D eigenvalue weighted by molar-refractivity contribution is 5.74. The van der Waals surface area contributed by atoms with Gasteiger partial charge in [-0.05, 0) is 35.6 Å². The molecule has 1 aliphatic heterocycles. The number of para-hydroxylation sites is 1. The van der Waals surface area contributed by atoms with Crippen molar-refractivity contribution in [2.45, 2.75) is 32.4 Å². The van der Waals surface area contributed by atoms with Gasteiger partial charge in [0.05, 0.1) is 6.04 Å². The molecule has 1 heterocycles. The van der Waals surface area contributed by atoms with Crippen LogP contribution in [0.25, 0.3) is 0 Å². The summed E-state index contributed by atoms with van der Waals surface area (Å²) in [7, 11) is 0. The summed E-state index contributed by atoms with van der Waals surface area (Å²) in [4.78, 5) is 12.0. The number of nitrogens with one attached hydrogen (secondary N) is 2. The van der Waals surface area contributed by atoms with Gasteiger partial charge >= 0.3 is 6.03 Å². The van der Waals surface area contributed by atoms with Crippen LogP contribution in [0.5, 0.6) is 5.75 Å². The van der Waals surface area contributed by atoms with E-state index < -0.39 is 0 Å². The molecular formula is C19H22N2O2. The van der Waals surface area contributed by atoms with Gasteiger partial charge in [-0.3, -0.25) is 0 Å². The molecule has 1 aliphatic rings. The number of hydrogen-bond donors (Lipinski definition) is 2. The quantitative estimate of drug-likeness (QED) is 0.912. The van der Waals surface area contributed by atoms with E-state index in [2.05, 4.69) is 41.8 Å². The highest BCUT2D eigenvalue weighted by Crippen LogP contribution is 2.23. The highest BCUT2D eigenvalue weighted by atomic mass is 16.5. The number of hydrogen-bond acceptors (Lipinski definition) is 2. The van der Waals surface area contributed by atoms with Gasteiger partial charge in [0.25, 0.3) is 0 Å². The molecule has 2 aromatic rings. The molecule has 0 spiro atoms. The first-order valence-corrected chi connectivity index (χ1v) is 8.07. The molecule has 0 saturated heterocycles. The Morgan fingerprint density at radius 3 is 2.65 bits per heavy atom. The third kappa shape index (κ3) is 4.03. The molecule has 0 fully saturated rings. The molecule has 2 amide bonds. The summed E-state index contributed by atoms with van der Waals surface area (Å²) in [5.74, 6) is 0.918. The predicted octanol–water partition coefficient (Wildman–Crippen LogP) is 3.05. The molecule has 3 rings (SSSR count). The van der Waals surface area contributed by atoms with Crippen LogP contribution >= 0.6 is 0 Å². The molecule has 0 saturated carbocycles. The van der Waals surface area contributed by atoms with Gasteiger partial charge < -0.3 is 15.4 Å². The van der Waals surface area contributed by atoms with Crippen LogP contribution in [0.4, 0.5) is 4.79 Å². The van der Waals surface area contributed by atoms with Gasteiger partial charge in [-0.15, -0.1) is 0 Å². The van der Waals surface area contributed by atoms with Gasteiger partial charge in [0.1, 0.15) is 12.4 Å². The van der Waals surface area contributed by atoms with Crippen molar-refractivity contribution >= 4 is 6.03 Å². The largest absolute Gasteiger partial charge is 0.491 e. The van der Waals surface area contributed by atoms with E-state index >= 15 is 0 Å².